The lowest BCUT2D eigenvalue weighted by molar-refractivity contribution is -0.486. The molecule has 2 atom stereocenters. The fraction of sp³-hybridized carbons (Fsp3) is 0.529. The van der Waals surface area contributed by atoms with Gasteiger partial charge in [-0.1, -0.05) is 36.2 Å². The third kappa shape index (κ3) is 4.84. The molecule has 0 bridgehead atoms. The second kappa shape index (κ2) is 8.93. The number of hydrogen-bond acceptors (Lipinski definition) is 5. The molecule has 0 aromatic heterocycles. The van der Waals surface area contributed by atoms with E-state index in [4.69, 9.17) is 32.7 Å². The predicted molar refractivity (Wildman–Crippen MR) is 103 cm³/mol. The summed E-state index contributed by atoms with van der Waals surface area (Å²) in [6.45, 7) is 4.45. The van der Waals surface area contributed by atoms with E-state index in [0.717, 1.165) is 0 Å². The SMILES string of the molecule is CC1COCC1CN1CCN(C(=O)OCc2ccc(Cl)cc2Cl)C1=N[N+](=O)[O-]. The van der Waals surface area contributed by atoms with Crippen LogP contribution in [0.15, 0.2) is 23.3 Å². The molecule has 2 heterocycles. The van der Waals surface area contributed by atoms with E-state index in [2.05, 4.69) is 12.0 Å². The second-order valence-electron chi connectivity index (χ2n) is 6.80. The summed E-state index contributed by atoms with van der Waals surface area (Å²) in [7, 11) is 0. The number of carbonyl (C=O) groups excluding carboxylic acids is 1. The molecule has 0 N–H and O–H groups in total. The van der Waals surface area contributed by atoms with Crippen molar-refractivity contribution in [3.8, 4) is 0 Å². The summed E-state index contributed by atoms with van der Waals surface area (Å²) in [6.07, 6.45) is -0.718. The van der Waals surface area contributed by atoms with Gasteiger partial charge in [0, 0.05) is 41.2 Å². The van der Waals surface area contributed by atoms with Crippen LogP contribution in [0.2, 0.25) is 10.0 Å². The Morgan fingerprint density at radius 1 is 1.39 bits per heavy atom. The van der Waals surface area contributed by atoms with Gasteiger partial charge < -0.3 is 14.4 Å². The van der Waals surface area contributed by atoms with Crippen LogP contribution < -0.4 is 0 Å². The van der Waals surface area contributed by atoms with Gasteiger partial charge in [0.2, 0.25) is 0 Å². The fourth-order valence-electron chi connectivity index (χ4n) is 3.21. The largest absolute Gasteiger partial charge is 0.444 e. The van der Waals surface area contributed by atoms with Crippen molar-refractivity contribution in [3.63, 3.8) is 0 Å². The van der Waals surface area contributed by atoms with Crippen LogP contribution in [0.1, 0.15) is 12.5 Å². The van der Waals surface area contributed by atoms with E-state index < -0.39 is 11.1 Å². The first kappa shape index (κ1) is 20.6. The van der Waals surface area contributed by atoms with Crippen LogP contribution in [0.25, 0.3) is 0 Å². The molecule has 28 heavy (non-hydrogen) atoms. The molecule has 0 saturated carbocycles. The molecule has 9 nitrogen and oxygen atoms in total. The molecule has 2 unspecified atom stereocenters. The number of carbonyl (C=O) groups is 1. The molecular formula is C17H20Cl2N4O5. The van der Waals surface area contributed by atoms with Gasteiger partial charge in [-0.05, 0) is 18.1 Å². The van der Waals surface area contributed by atoms with Gasteiger partial charge in [-0.25, -0.2) is 19.8 Å². The summed E-state index contributed by atoms with van der Waals surface area (Å²) in [5.74, 6) is 0.544. The Kier molecular flexibility index (Phi) is 6.58. The van der Waals surface area contributed by atoms with Crippen molar-refractivity contribution in [2.45, 2.75) is 13.5 Å². The highest BCUT2D eigenvalue weighted by Crippen LogP contribution is 2.24. The number of hydrogen-bond donors (Lipinski definition) is 0. The number of nitrogens with zero attached hydrogens (tertiary/aromatic N) is 4. The van der Waals surface area contributed by atoms with Crippen molar-refractivity contribution in [2.24, 2.45) is 16.9 Å². The minimum Gasteiger partial charge on any atom is -0.444 e. The summed E-state index contributed by atoms with van der Waals surface area (Å²) in [4.78, 5) is 26.4. The van der Waals surface area contributed by atoms with Crippen LogP contribution in [0, 0.1) is 22.0 Å². The number of benzene rings is 1. The average molecular weight is 431 g/mol. The van der Waals surface area contributed by atoms with Crippen molar-refractivity contribution in [3.05, 3.63) is 43.9 Å². The molecule has 1 amide bonds. The Hall–Kier alpha value is -2.10. The summed E-state index contributed by atoms with van der Waals surface area (Å²) in [5.41, 5.74) is 0.583. The predicted octanol–water partition coefficient (Wildman–Crippen LogP) is 3.08. The first-order valence-electron chi connectivity index (χ1n) is 8.79. The highest BCUT2D eigenvalue weighted by molar-refractivity contribution is 6.35. The molecule has 2 saturated heterocycles. The number of hydrazone groups is 1. The summed E-state index contributed by atoms with van der Waals surface area (Å²) in [5, 5.41) is 14.4. The van der Waals surface area contributed by atoms with Gasteiger partial charge in [-0.2, -0.15) is 0 Å². The maximum absolute atomic E-state index is 12.5. The first-order chi connectivity index (χ1) is 13.3. The standard InChI is InChI=1S/C17H20Cl2N4O5/c1-11-8-27-9-13(11)7-21-4-5-22(16(21)20-23(25)26)17(24)28-10-12-2-3-14(18)6-15(12)19/h2-3,6,11,13H,4-5,7-10H2,1H3. The number of amides is 1. The number of ether oxygens (including phenoxy) is 2. The monoisotopic (exact) mass is 430 g/mol. The Balaban J connectivity index is 1.67. The Labute approximate surface area is 171 Å². The summed E-state index contributed by atoms with van der Waals surface area (Å²) in [6, 6.07) is 4.84. The zero-order chi connectivity index (χ0) is 20.3. The van der Waals surface area contributed by atoms with E-state index in [9.17, 15) is 14.9 Å². The van der Waals surface area contributed by atoms with Crippen molar-refractivity contribution in [1.82, 2.24) is 9.80 Å². The maximum atomic E-state index is 12.5. The molecule has 152 valence electrons. The quantitative estimate of drug-likeness (QED) is 0.525. The lowest BCUT2D eigenvalue weighted by atomic mass is 9.98. The van der Waals surface area contributed by atoms with Crippen LogP contribution in [0.4, 0.5) is 4.79 Å². The van der Waals surface area contributed by atoms with E-state index >= 15 is 0 Å². The zero-order valence-corrected chi connectivity index (χ0v) is 16.7. The lowest BCUT2D eigenvalue weighted by Crippen LogP contribution is -2.41. The summed E-state index contributed by atoms with van der Waals surface area (Å²) >= 11 is 11.9. The van der Waals surface area contributed by atoms with Gasteiger partial charge in [0.05, 0.1) is 13.2 Å². The Bertz CT molecular complexity index is 791. The highest BCUT2D eigenvalue weighted by atomic mass is 35.5. The summed E-state index contributed by atoms with van der Waals surface area (Å²) < 4.78 is 10.7. The minimum absolute atomic E-state index is 0.0173. The number of halogens is 2. The van der Waals surface area contributed by atoms with Gasteiger partial charge in [0.25, 0.3) is 5.96 Å². The van der Waals surface area contributed by atoms with Crippen LogP contribution in [0.3, 0.4) is 0 Å². The maximum Gasteiger partial charge on any atom is 0.417 e. The third-order valence-corrected chi connectivity index (χ3v) is 5.43. The molecule has 1 aromatic rings. The molecule has 1 aromatic carbocycles. The van der Waals surface area contributed by atoms with Crippen LogP contribution in [-0.4, -0.2) is 59.7 Å². The highest BCUT2D eigenvalue weighted by Gasteiger charge is 2.38. The topological polar surface area (TPSA) is 97.5 Å². The molecule has 2 aliphatic heterocycles. The van der Waals surface area contributed by atoms with Gasteiger partial charge in [-0.15, -0.1) is 0 Å². The number of guanidine groups is 1. The van der Waals surface area contributed by atoms with E-state index in [1.54, 1.807) is 23.1 Å². The molecule has 3 rings (SSSR count). The smallest absolute Gasteiger partial charge is 0.417 e. The van der Waals surface area contributed by atoms with Crippen molar-refractivity contribution in [1.29, 1.82) is 0 Å². The van der Waals surface area contributed by atoms with E-state index in [1.807, 2.05) is 0 Å². The molecule has 11 heteroatoms. The normalized spacial score (nSPS) is 23.5. The lowest BCUT2D eigenvalue weighted by Gasteiger charge is -2.23. The zero-order valence-electron chi connectivity index (χ0n) is 15.2. The first-order valence-corrected chi connectivity index (χ1v) is 9.54. The van der Waals surface area contributed by atoms with Crippen LogP contribution in [0.5, 0.6) is 0 Å². The molecule has 2 fully saturated rings. The average Bonchev–Trinajstić information content (AvgIpc) is 3.21. The second-order valence-corrected chi connectivity index (χ2v) is 7.64. The minimum atomic E-state index is -0.807. The van der Waals surface area contributed by atoms with Gasteiger partial charge in [0.15, 0.2) is 5.03 Å². The Morgan fingerprint density at radius 2 is 2.18 bits per heavy atom. The number of nitro groups is 1. The molecular weight excluding hydrogens is 411 g/mol. The Morgan fingerprint density at radius 3 is 2.82 bits per heavy atom. The van der Waals surface area contributed by atoms with Gasteiger partial charge in [-0.3, -0.25) is 0 Å². The van der Waals surface area contributed by atoms with Crippen molar-refractivity contribution >= 4 is 35.3 Å². The van der Waals surface area contributed by atoms with E-state index in [0.29, 0.717) is 47.8 Å². The van der Waals surface area contributed by atoms with E-state index in [1.165, 1.54) is 4.90 Å². The molecule has 2 aliphatic rings. The molecule has 0 spiro atoms. The van der Waals surface area contributed by atoms with Crippen molar-refractivity contribution in [2.75, 3.05) is 32.8 Å². The van der Waals surface area contributed by atoms with Crippen LogP contribution in [-0.2, 0) is 16.1 Å². The van der Waals surface area contributed by atoms with Gasteiger partial charge in [0.1, 0.15) is 11.7 Å². The number of rotatable bonds is 5. The third-order valence-electron chi connectivity index (χ3n) is 4.85. The van der Waals surface area contributed by atoms with E-state index in [-0.39, 0.29) is 25.0 Å². The van der Waals surface area contributed by atoms with Gasteiger partial charge >= 0.3 is 6.09 Å². The fourth-order valence-corrected chi connectivity index (χ4v) is 3.67. The van der Waals surface area contributed by atoms with Crippen molar-refractivity contribution < 1.29 is 19.3 Å². The molecule has 0 radical (unpaired) electrons. The van der Waals surface area contributed by atoms with Crippen LogP contribution >= 0.6 is 23.2 Å². The molecule has 0 aliphatic carbocycles.